The van der Waals surface area contributed by atoms with Crippen LogP contribution in [-0.2, 0) is 50.1 Å². The third-order valence-electron chi connectivity index (χ3n) is 14.3. The number of hydrogen-bond donors (Lipinski definition) is 4. The first kappa shape index (κ1) is 61.6. The number of ketones is 4. The lowest BCUT2D eigenvalue weighted by molar-refractivity contribution is -0.153. The molecule has 6 amide bonds. The molecular weight excluding hydrogens is 1110 g/mol. The first-order chi connectivity index (χ1) is 40.5. The van der Waals surface area contributed by atoms with Crippen LogP contribution in [0.1, 0.15) is 109 Å². The van der Waals surface area contributed by atoms with Gasteiger partial charge in [-0.3, -0.25) is 63.1 Å². The number of nitrogens with zero attached hydrogens (tertiary/aromatic N) is 6. The molecule has 2 aromatic heterocycles. The number of fused-ring (bicyclic) bond motifs is 2. The maximum Gasteiger partial charge on any atom is 0.422 e. The van der Waals surface area contributed by atoms with Gasteiger partial charge in [-0.25, -0.2) is 14.8 Å². The van der Waals surface area contributed by atoms with Gasteiger partial charge < -0.3 is 34.9 Å². The van der Waals surface area contributed by atoms with Crippen molar-refractivity contribution in [3.63, 3.8) is 0 Å². The Hall–Kier alpha value is -9.46. The normalized spacial score (nSPS) is 15.4. The molecule has 0 radical (unpaired) electrons. The Morgan fingerprint density at radius 3 is 2.13 bits per heavy atom. The molecule has 1 atom stereocenters. The highest BCUT2D eigenvalue weighted by atomic mass is 19.4. The Morgan fingerprint density at radius 2 is 1.47 bits per heavy atom. The molecule has 4 N–H and O–H groups in total. The van der Waals surface area contributed by atoms with E-state index in [2.05, 4.69) is 37.8 Å². The van der Waals surface area contributed by atoms with Crippen LogP contribution in [0.25, 0.3) is 22.2 Å². The van der Waals surface area contributed by atoms with E-state index in [0.717, 1.165) is 21.9 Å². The minimum Gasteiger partial charge on any atom is -0.482 e. The summed E-state index contributed by atoms with van der Waals surface area (Å²) in [6.45, 7) is 6.99. The van der Waals surface area contributed by atoms with Crippen LogP contribution < -0.4 is 30.9 Å². The Balaban J connectivity index is 0.813. The number of carbonyl (C=O) groups excluding carboxylic acids is 11. The predicted octanol–water partition coefficient (Wildman–Crippen LogP) is 6.57. The molecule has 3 aliphatic heterocycles. The molecule has 3 aromatic carbocycles. The standard InChI is InChI=1S/C59H61F3N10O13/c1-5-49(77)65-43-28-44(66-58-63-30-40(57(83)85-33(2)3)53(68-58)41-31-69(4)45-12-7-6-9-38(41)45)48(84-32-59(60,61)62)29-47(43)71-25-23-70(24-26-71)22-21-36(75)16-15-34(73)13-14-35(74)17-18-37(76)27-51(79)64-42-11-8-10-39-52(42)56(82)72(55(39)81)46-19-20-50(78)67-54(46)80/h5-12,28-31,33,46H,1,13-27,32H2,2-4H3,(H,64,79)(H,65,77)(H,63,66,68)(H,67,78,80). The Kier molecular flexibility index (Phi) is 19.5. The Morgan fingerprint density at radius 1 is 0.800 bits per heavy atom. The van der Waals surface area contributed by atoms with Crippen LogP contribution >= 0.6 is 0 Å². The molecule has 26 heteroatoms. The van der Waals surface area contributed by atoms with Gasteiger partial charge in [0.15, 0.2) is 6.61 Å². The number of piperidine rings is 1. The molecule has 446 valence electrons. The number of alkyl halides is 3. The lowest BCUT2D eigenvalue weighted by Crippen LogP contribution is -2.54. The highest BCUT2D eigenvalue weighted by Gasteiger charge is 2.46. The van der Waals surface area contributed by atoms with Crippen molar-refractivity contribution in [2.24, 2.45) is 7.05 Å². The average molecular weight is 1180 g/mol. The minimum atomic E-state index is -4.74. The van der Waals surface area contributed by atoms with E-state index in [1.165, 1.54) is 36.5 Å². The van der Waals surface area contributed by atoms with E-state index in [9.17, 15) is 65.9 Å². The third-order valence-corrected chi connectivity index (χ3v) is 14.3. The number of anilines is 5. The highest BCUT2D eigenvalue weighted by molar-refractivity contribution is 6.26. The van der Waals surface area contributed by atoms with Crippen molar-refractivity contribution >= 4 is 104 Å². The molecule has 8 rings (SSSR count). The smallest absolute Gasteiger partial charge is 0.422 e. The maximum atomic E-state index is 13.8. The SMILES string of the molecule is C=CC(=O)Nc1cc(Nc2ncc(C(=O)OC(C)C)c(-c3cn(C)c4ccccc34)n2)c(OCC(F)(F)F)cc1N1CCN(CCC(=O)CCC(=O)CCC(=O)CCC(=O)CC(=O)Nc2cccc3c2C(=O)N(C2CCC(=O)NC2=O)C3=O)CC1. The Bertz CT molecular complexity index is 3530. The van der Waals surface area contributed by atoms with Gasteiger partial charge in [0.2, 0.25) is 29.6 Å². The molecule has 0 bridgehead atoms. The number of aryl methyl sites for hydroxylation is 1. The molecular formula is C59H61F3N10O13. The molecule has 0 aliphatic carbocycles. The molecule has 23 nitrogen and oxygen atoms in total. The first-order valence-electron chi connectivity index (χ1n) is 27.4. The van der Waals surface area contributed by atoms with Gasteiger partial charge in [-0.15, -0.1) is 0 Å². The average Bonchev–Trinajstić information content (AvgIpc) is 2.05. The van der Waals surface area contributed by atoms with Crippen LogP contribution in [0.2, 0.25) is 0 Å². The molecule has 2 fully saturated rings. The number of imide groups is 2. The molecule has 5 aromatic rings. The van der Waals surface area contributed by atoms with E-state index in [4.69, 9.17) is 9.47 Å². The van der Waals surface area contributed by atoms with Crippen molar-refractivity contribution in [1.82, 2.24) is 29.7 Å². The van der Waals surface area contributed by atoms with Crippen LogP contribution in [-0.4, -0.2) is 147 Å². The van der Waals surface area contributed by atoms with Crippen LogP contribution in [0.4, 0.5) is 41.9 Å². The lowest BCUT2D eigenvalue weighted by atomic mass is 10.0. The van der Waals surface area contributed by atoms with Gasteiger partial charge in [0, 0.05) is 126 Å². The molecule has 85 heavy (non-hydrogen) atoms. The van der Waals surface area contributed by atoms with E-state index in [-0.39, 0.29) is 120 Å². The van der Waals surface area contributed by atoms with E-state index in [1.54, 1.807) is 20.0 Å². The van der Waals surface area contributed by atoms with Crippen molar-refractivity contribution in [2.45, 2.75) is 96.4 Å². The van der Waals surface area contributed by atoms with Crippen LogP contribution in [0.3, 0.4) is 0 Å². The minimum absolute atomic E-state index is 0.0383. The van der Waals surface area contributed by atoms with Crippen molar-refractivity contribution in [1.29, 1.82) is 0 Å². The van der Waals surface area contributed by atoms with E-state index < -0.39 is 84.3 Å². The van der Waals surface area contributed by atoms with E-state index in [0.29, 0.717) is 44.0 Å². The second kappa shape index (κ2) is 26.8. The predicted molar refractivity (Wildman–Crippen MR) is 302 cm³/mol. The molecule has 0 saturated carbocycles. The number of para-hydroxylation sites is 1. The number of aromatic nitrogens is 3. The van der Waals surface area contributed by atoms with Gasteiger partial charge in [-0.05, 0) is 50.6 Å². The number of halogens is 3. The number of nitrogens with one attached hydrogen (secondary N) is 4. The number of amides is 6. The number of rotatable bonds is 26. The number of ether oxygens (including phenoxy) is 2. The fourth-order valence-corrected chi connectivity index (χ4v) is 10.0. The molecule has 5 heterocycles. The zero-order valence-corrected chi connectivity index (χ0v) is 46.7. The van der Waals surface area contributed by atoms with Crippen LogP contribution in [0.5, 0.6) is 5.75 Å². The lowest BCUT2D eigenvalue weighted by Gasteiger charge is -2.37. The van der Waals surface area contributed by atoms with Gasteiger partial charge in [0.05, 0.1) is 52.1 Å². The Labute approximate surface area is 484 Å². The number of piperazine rings is 1. The fourth-order valence-electron chi connectivity index (χ4n) is 10.0. The van der Waals surface area contributed by atoms with Gasteiger partial charge in [-0.2, -0.15) is 13.2 Å². The summed E-state index contributed by atoms with van der Waals surface area (Å²) in [6.07, 6.45) is -2.95. The van der Waals surface area contributed by atoms with Gasteiger partial charge in [0.1, 0.15) is 40.5 Å². The maximum absolute atomic E-state index is 13.8. The van der Waals surface area contributed by atoms with Gasteiger partial charge in [0.25, 0.3) is 11.8 Å². The van der Waals surface area contributed by atoms with E-state index in [1.807, 2.05) is 45.7 Å². The summed E-state index contributed by atoms with van der Waals surface area (Å²) >= 11 is 0. The zero-order valence-electron chi connectivity index (χ0n) is 46.7. The number of Topliss-reactive ketones (excluding diaryl/α,β-unsaturated/α-hetero) is 4. The largest absolute Gasteiger partial charge is 0.482 e. The van der Waals surface area contributed by atoms with E-state index >= 15 is 0 Å². The second-order valence-electron chi connectivity index (χ2n) is 20.8. The monoisotopic (exact) mass is 1170 g/mol. The third kappa shape index (κ3) is 15.4. The van der Waals surface area contributed by atoms with Crippen molar-refractivity contribution in [3.05, 3.63) is 96.3 Å². The van der Waals surface area contributed by atoms with Crippen molar-refractivity contribution in [3.8, 4) is 17.0 Å². The van der Waals surface area contributed by atoms with Crippen molar-refractivity contribution < 1.29 is 75.4 Å². The molecule has 0 spiro atoms. The summed E-state index contributed by atoms with van der Waals surface area (Å²) in [5.74, 6) is -7.02. The van der Waals surface area contributed by atoms with Gasteiger partial charge in [-0.1, -0.05) is 30.8 Å². The summed E-state index contributed by atoms with van der Waals surface area (Å²) in [6, 6.07) is 13.1. The molecule has 1 unspecified atom stereocenters. The quantitative estimate of drug-likeness (QED) is 0.0197. The number of hydrogen-bond acceptors (Lipinski definition) is 18. The number of benzene rings is 3. The number of carbonyl (C=O) groups is 11. The van der Waals surface area contributed by atoms with Crippen LogP contribution in [0, 0.1) is 0 Å². The molecule has 2 saturated heterocycles. The zero-order chi connectivity index (χ0) is 61.3. The summed E-state index contributed by atoms with van der Waals surface area (Å²) in [5.41, 5.74) is 1.76. The topological polar surface area (TPSA) is 295 Å². The second-order valence-corrected chi connectivity index (χ2v) is 20.8. The summed E-state index contributed by atoms with van der Waals surface area (Å²) in [4.78, 5) is 154. The highest BCUT2D eigenvalue weighted by Crippen LogP contribution is 2.41. The number of esters is 1. The first-order valence-corrected chi connectivity index (χ1v) is 27.4. The summed E-state index contributed by atoms with van der Waals surface area (Å²) in [5, 5.41) is 11.0. The molecule has 3 aliphatic rings. The van der Waals surface area contributed by atoms with Crippen molar-refractivity contribution in [2.75, 3.05) is 60.2 Å². The van der Waals surface area contributed by atoms with Gasteiger partial charge >= 0.3 is 12.1 Å². The van der Waals surface area contributed by atoms with Crippen LogP contribution in [0.15, 0.2) is 79.6 Å². The fraction of sp³-hybridized carbons (Fsp3) is 0.373. The summed E-state index contributed by atoms with van der Waals surface area (Å²) in [7, 11) is 1.82. The summed E-state index contributed by atoms with van der Waals surface area (Å²) < 4.78 is 54.1.